The molecule has 1 aliphatic rings. The van der Waals surface area contributed by atoms with Crippen molar-refractivity contribution in [3.8, 4) is 5.75 Å². The molecule has 0 amide bonds. The molecule has 3 rings (SSSR count). The topological polar surface area (TPSA) is 17.4 Å². The standard InChI is InChI=1S/C17H24N2O/c1-17(2,18(3)4)12-19-10-9-13-14-6-5-11-20-16(14)8-7-15(13)19/h7-10H,5-6,11-12H2,1-4H3/i12D2. The molecule has 0 N–H and O–H groups in total. The maximum absolute atomic E-state index is 8.70. The number of nitrogens with zero attached hydrogens (tertiary/aromatic N) is 2. The van der Waals surface area contributed by atoms with Gasteiger partial charge in [0.2, 0.25) is 0 Å². The highest BCUT2D eigenvalue weighted by Gasteiger charge is 2.22. The van der Waals surface area contributed by atoms with Crippen LogP contribution in [0.2, 0.25) is 0 Å². The van der Waals surface area contributed by atoms with E-state index in [1.165, 1.54) is 5.56 Å². The van der Waals surface area contributed by atoms with Crippen LogP contribution in [-0.4, -0.2) is 35.7 Å². The Morgan fingerprint density at radius 2 is 2.15 bits per heavy atom. The summed E-state index contributed by atoms with van der Waals surface area (Å²) >= 11 is 0. The summed E-state index contributed by atoms with van der Waals surface area (Å²) < 4.78 is 24.9. The van der Waals surface area contributed by atoms with Crippen molar-refractivity contribution in [3.63, 3.8) is 0 Å². The fourth-order valence-electron chi connectivity index (χ4n) is 2.57. The summed E-state index contributed by atoms with van der Waals surface area (Å²) in [5.41, 5.74) is 1.51. The second-order valence-electron chi connectivity index (χ2n) is 6.18. The molecule has 3 nitrogen and oxygen atoms in total. The third-order valence-electron chi connectivity index (χ3n) is 4.28. The Labute approximate surface area is 123 Å². The highest BCUT2D eigenvalue weighted by atomic mass is 16.5. The number of ether oxygens (including phenoxy) is 1. The van der Waals surface area contributed by atoms with Crippen LogP contribution in [0.4, 0.5) is 0 Å². The molecule has 2 heterocycles. The van der Waals surface area contributed by atoms with Gasteiger partial charge in [-0.1, -0.05) is 0 Å². The smallest absolute Gasteiger partial charge is 0.123 e. The van der Waals surface area contributed by atoms with Crippen LogP contribution in [0.1, 0.15) is 28.6 Å². The zero-order chi connectivity index (χ0) is 16.1. The Morgan fingerprint density at radius 1 is 1.35 bits per heavy atom. The summed E-state index contributed by atoms with van der Waals surface area (Å²) in [6, 6.07) is 5.97. The van der Waals surface area contributed by atoms with Crippen molar-refractivity contribution in [1.29, 1.82) is 0 Å². The molecule has 108 valence electrons. The van der Waals surface area contributed by atoms with Crippen LogP contribution in [0.5, 0.6) is 5.75 Å². The van der Waals surface area contributed by atoms with Gasteiger partial charge in [0.05, 0.1) is 9.35 Å². The van der Waals surface area contributed by atoms with Crippen molar-refractivity contribution in [2.24, 2.45) is 0 Å². The van der Waals surface area contributed by atoms with E-state index in [1.807, 2.05) is 57.2 Å². The average molecular weight is 274 g/mol. The molecule has 0 unspecified atom stereocenters. The molecule has 0 saturated carbocycles. The first-order chi connectivity index (χ1) is 10.3. The molecule has 2 aromatic rings. The molecule has 1 aromatic heterocycles. The van der Waals surface area contributed by atoms with Crippen molar-refractivity contribution in [2.45, 2.75) is 38.7 Å². The van der Waals surface area contributed by atoms with Gasteiger partial charge in [0.25, 0.3) is 0 Å². The number of rotatable bonds is 3. The second kappa shape index (κ2) is 4.81. The van der Waals surface area contributed by atoms with Gasteiger partial charge in [-0.05, 0) is 59.0 Å². The fourth-order valence-corrected chi connectivity index (χ4v) is 2.57. The molecular weight excluding hydrogens is 248 g/mol. The molecule has 1 aromatic carbocycles. The van der Waals surface area contributed by atoms with Crippen molar-refractivity contribution < 1.29 is 7.48 Å². The summed E-state index contributed by atoms with van der Waals surface area (Å²) in [6.45, 7) is 3.11. The molecule has 0 bridgehead atoms. The third kappa shape index (κ3) is 2.20. The molecule has 3 heteroatoms. The summed E-state index contributed by atoms with van der Waals surface area (Å²) in [5, 5.41) is 1.11. The minimum absolute atomic E-state index is 0.634. The number of aryl methyl sites for hydroxylation is 1. The zero-order valence-corrected chi connectivity index (χ0v) is 12.7. The van der Waals surface area contributed by atoms with Crippen LogP contribution in [0.3, 0.4) is 0 Å². The van der Waals surface area contributed by atoms with Crippen LogP contribution in [-0.2, 0) is 12.9 Å². The molecule has 0 atom stereocenters. The highest BCUT2D eigenvalue weighted by molar-refractivity contribution is 5.86. The molecule has 0 radical (unpaired) electrons. The Bertz CT molecular complexity index is 704. The van der Waals surface area contributed by atoms with E-state index < -0.39 is 12.0 Å². The molecule has 0 saturated heterocycles. The quantitative estimate of drug-likeness (QED) is 0.854. The number of fused-ring (bicyclic) bond motifs is 3. The summed E-state index contributed by atoms with van der Waals surface area (Å²) in [6.07, 6.45) is 3.88. The minimum Gasteiger partial charge on any atom is -0.493 e. The van der Waals surface area contributed by atoms with E-state index in [0.717, 1.165) is 36.1 Å². The summed E-state index contributed by atoms with van der Waals surface area (Å²) in [4.78, 5) is 1.93. The normalized spacial score (nSPS) is 17.6. The Balaban J connectivity index is 2.17. The molecule has 0 fully saturated rings. The maximum atomic E-state index is 8.70. The van der Waals surface area contributed by atoms with Gasteiger partial charge in [-0.3, -0.25) is 0 Å². The summed E-state index contributed by atoms with van der Waals surface area (Å²) in [5.74, 6) is 0.948. The first-order valence-corrected chi connectivity index (χ1v) is 7.20. The Kier molecular flexibility index (Phi) is 2.70. The third-order valence-corrected chi connectivity index (χ3v) is 4.28. The van der Waals surface area contributed by atoms with E-state index >= 15 is 0 Å². The molecule has 1 aliphatic heterocycles. The maximum Gasteiger partial charge on any atom is 0.123 e. The Morgan fingerprint density at radius 3 is 2.90 bits per heavy atom. The first kappa shape index (κ1) is 11.2. The molecule has 0 spiro atoms. The number of hydrogen-bond acceptors (Lipinski definition) is 2. The van der Waals surface area contributed by atoms with E-state index in [1.54, 1.807) is 4.57 Å². The number of likely N-dealkylation sites (N-methyl/N-ethyl adjacent to an activating group) is 1. The lowest BCUT2D eigenvalue weighted by molar-refractivity contribution is 0.171. The van der Waals surface area contributed by atoms with Crippen LogP contribution in [0, 0.1) is 0 Å². The van der Waals surface area contributed by atoms with Crippen LogP contribution in [0.25, 0.3) is 10.9 Å². The lowest BCUT2D eigenvalue weighted by Gasteiger charge is -2.33. The first-order valence-electron chi connectivity index (χ1n) is 8.20. The van der Waals surface area contributed by atoms with Crippen molar-refractivity contribution >= 4 is 10.9 Å². The minimum atomic E-state index is -1.53. The van der Waals surface area contributed by atoms with Gasteiger partial charge in [-0.25, -0.2) is 0 Å². The van der Waals surface area contributed by atoms with Gasteiger partial charge >= 0.3 is 0 Å². The van der Waals surface area contributed by atoms with Crippen molar-refractivity contribution in [2.75, 3.05) is 20.7 Å². The van der Waals surface area contributed by atoms with Crippen molar-refractivity contribution in [1.82, 2.24) is 9.47 Å². The van der Waals surface area contributed by atoms with Gasteiger partial charge in [0.1, 0.15) is 5.75 Å². The van der Waals surface area contributed by atoms with Crippen LogP contribution in [0.15, 0.2) is 24.4 Å². The monoisotopic (exact) mass is 274 g/mol. The van der Waals surface area contributed by atoms with E-state index in [0.29, 0.717) is 0 Å². The number of benzene rings is 1. The van der Waals surface area contributed by atoms with Gasteiger partial charge in [0.15, 0.2) is 0 Å². The van der Waals surface area contributed by atoms with Crippen molar-refractivity contribution in [3.05, 3.63) is 30.0 Å². The predicted octanol–water partition coefficient (Wildman–Crippen LogP) is 3.31. The van der Waals surface area contributed by atoms with E-state index in [9.17, 15) is 0 Å². The fraction of sp³-hybridized carbons (Fsp3) is 0.529. The molecular formula is C17H24N2O. The highest BCUT2D eigenvalue weighted by Crippen LogP contribution is 2.33. The van der Waals surface area contributed by atoms with Gasteiger partial charge in [0, 0.05) is 34.7 Å². The van der Waals surface area contributed by atoms with Gasteiger partial charge < -0.3 is 14.2 Å². The second-order valence-corrected chi connectivity index (χ2v) is 6.18. The van der Waals surface area contributed by atoms with E-state index in [-0.39, 0.29) is 0 Å². The summed E-state index contributed by atoms with van der Waals surface area (Å²) in [7, 11) is 3.83. The largest absolute Gasteiger partial charge is 0.493 e. The zero-order valence-electron chi connectivity index (χ0n) is 14.7. The Hall–Kier alpha value is -1.48. The van der Waals surface area contributed by atoms with Crippen LogP contribution >= 0.6 is 0 Å². The number of aromatic nitrogens is 1. The SMILES string of the molecule is [2H]C([2H])(n1ccc2c3c(ccc21)OCCC3)C(C)(C)N(C)C. The lowest BCUT2D eigenvalue weighted by Crippen LogP contribution is -2.41. The van der Waals surface area contributed by atoms with Crippen LogP contribution < -0.4 is 4.74 Å². The molecule has 0 aliphatic carbocycles. The van der Waals surface area contributed by atoms with Gasteiger partial charge in [-0.15, -0.1) is 0 Å². The predicted molar refractivity (Wildman–Crippen MR) is 83.5 cm³/mol. The number of hydrogen-bond donors (Lipinski definition) is 0. The average Bonchev–Trinajstić information content (AvgIpc) is 2.91. The van der Waals surface area contributed by atoms with E-state index in [4.69, 9.17) is 7.48 Å². The van der Waals surface area contributed by atoms with E-state index in [2.05, 4.69) is 0 Å². The lowest BCUT2D eigenvalue weighted by atomic mass is 10.0. The van der Waals surface area contributed by atoms with Gasteiger partial charge in [-0.2, -0.15) is 0 Å². The molecule has 20 heavy (non-hydrogen) atoms.